The summed E-state index contributed by atoms with van der Waals surface area (Å²) in [6.07, 6.45) is 3.36. The normalized spacial score (nSPS) is 20.1. The summed E-state index contributed by atoms with van der Waals surface area (Å²) in [7, 11) is 1.66. The summed E-state index contributed by atoms with van der Waals surface area (Å²) < 4.78 is 7.43. The summed E-state index contributed by atoms with van der Waals surface area (Å²) in [6.45, 7) is 6.36. The van der Waals surface area contributed by atoms with E-state index in [4.69, 9.17) is 4.74 Å². The summed E-state index contributed by atoms with van der Waals surface area (Å²) in [5.74, 6) is 1.33. The highest BCUT2D eigenvalue weighted by Gasteiger charge is 2.29. The minimum atomic E-state index is 0.176. The molecule has 0 N–H and O–H groups in total. The minimum absolute atomic E-state index is 0.176. The predicted octanol–water partition coefficient (Wildman–Crippen LogP) is 4.08. The number of aromatic nitrogens is 3. The van der Waals surface area contributed by atoms with E-state index < -0.39 is 0 Å². The monoisotopic (exact) mass is 398 g/mol. The van der Waals surface area contributed by atoms with E-state index in [1.165, 1.54) is 18.2 Å². The van der Waals surface area contributed by atoms with Gasteiger partial charge in [0.2, 0.25) is 5.91 Å². The van der Waals surface area contributed by atoms with Crippen LogP contribution in [0.25, 0.3) is 16.6 Å². The Kier molecular flexibility index (Phi) is 5.19. The molecule has 0 aliphatic carbocycles. The molecule has 1 amide bonds. The third-order valence-electron chi connectivity index (χ3n) is 5.68. The number of rotatable bonds is 4. The Labute approximate surface area is 169 Å². The highest BCUT2D eigenvalue weighted by molar-refractivity contribution is 7.99. The molecule has 2 aromatic heterocycles. The molecule has 0 bridgehead atoms. The Morgan fingerprint density at radius 1 is 1.21 bits per heavy atom. The first-order valence-electron chi connectivity index (χ1n) is 9.76. The van der Waals surface area contributed by atoms with E-state index in [-0.39, 0.29) is 5.91 Å². The van der Waals surface area contributed by atoms with Gasteiger partial charge in [0.25, 0.3) is 0 Å². The minimum Gasteiger partial charge on any atom is -0.497 e. The van der Waals surface area contributed by atoms with Gasteiger partial charge in [0.15, 0.2) is 10.8 Å². The molecule has 0 radical (unpaired) electrons. The number of methoxy groups -OCH3 is 1. The molecule has 6 nitrogen and oxygen atoms in total. The van der Waals surface area contributed by atoms with Crippen molar-refractivity contribution in [3.05, 3.63) is 29.8 Å². The summed E-state index contributed by atoms with van der Waals surface area (Å²) in [5.41, 5.74) is 2.92. The average Bonchev–Trinajstić information content (AvgIpc) is 3.08. The van der Waals surface area contributed by atoms with Crippen LogP contribution in [0.3, 0.4) is 0 Å². The van der Waals surface area contributed by atoms with Crippen LogP contribution in [-0.4, -0.2) is 50.4 Å². The van der Waals surface area contributed by atoms with Gasteiger partial charge in [-0.25, -0.2) is 0 Å². The maximum atomic E-state index is 12.9. The molecule has 1 saturated heterocycles. The van der Waals surface area contributed by atoms with Crippen LogP contribution in [0.5, 0.6) is 5.75 Å². The van der Waals surface area contributed by atoms with Crippen LogP contribution in [0.2, 0.25) is 0 Å². The molecule has 4 rings (SSSR count). The number of hydrogen-bond donors (Lipinski definition) is 0. The number of ether oxygens (including phenoxy) is 1. The number of likely N-dealkylation sites (tertiary alicyclic amines) is 1. The first-order valence-corrected chi connectivity index (χ1v) is 10.7. The molecule has 3 aromatic rings. The molecular formula is C21H26N4O2S. The van der Waals surface area contributed by atoms with Crippen LogP contribution >= 0.6 is 11.8 Å². The number of nitrogens with zero attached hydrogens (tertiary/aromatic N) is 4. The van der Waals surface area contributed by atoms with Crippen LogP contribution in [0.1, 0.15) is 38.7 Å². The van der Waals surface area contributed by atoms with Crippen molar-refractivity contribution < 1.29 is 9.53 Å². The number of thioether (sulfide) groups is 1. The van der Waals surface area contributed by atoms with Crippen LogP contribution in [0.15, 0.2) is 29.4 Å². The number of aryl methyl sites for hydroxylation is 1. The molecule has 2 unspecified atom stereocenters. The van der Waals surface area contributed by atoms with E-state index in [2.05, 4.69) is 37.0 Å². The fourth-order valence-corrected chi connectivity index (χ4v) is 5.06. The molecule has 1 fully saturated rings. The molecule has 1 aromatic carbocycles. The number of carbonyl (C=O) groups is 1. The number of benzene rings is 1. The van der Waals surface area contributed by atoms with Crippen molar-refractivity contribution in [2.24, 2.45) is 0 Å². The predicted molar refractivity (Wildman–Crippen MR) is 112 cm³/mol. The van der Waals surface area contributed by atoms with Crippen LogP contribution in [0, 0.1) is 6.92 Å². The van der Waals surface area contributed by atoms with Crippen molar-refractivity contribution >= 4 is 34.2 Å². The van der Waals surface area contributed by atoms with Gasteiger partial charge in [-0.2, -0.15) is 0 Å². The van der Waals surface area contributed by atoms with Crippen molar-refractivity contribution in [3.8, 4) is 5.75 Å². The number of carbonyl (C=O) groups excluding carboxylic acids is 1. The topological polar surface area (TPSA) is 59.7 Å². The molecule has 3 heterocycles. The maximum absolute atomic E-state index is 12.9. The lowest BCUT2D eigenvalue weighted by molar-refractivity contribution is -0.134. The highest BCUT2D eigenvalue weighted by atomic mass is 32.2. The van der Waals surface area contributed by atoms with Crippen molar-refractivity contribution in [2.75, 3.05) is 12.9 Å². The van der Waals surface area contributed by atoms with E-state index >= 15 is 0 Å². The third-order valence-corrected chi connectivity index (χ3v) is 6.59. The Morgan fingerprint density at radius 2 is 1.96 bits per heavy atom. The second-order valence-electron chi connectivity index (χ2n) is 7.61. The van der Waals surface area contributed by atoms with E-state index in [9.17, 15) is 4.79 Å². The van der Waals surface area contributed by atoms with Gasteiger partial charge in [-0.1, -0.05) is 11.8 Å². The molecule has 28 heavy (non-hydrogen) atoms. The summed E-state index contributed by atoms with van der Waals surface area (Å²) in [6, 6.07) is 8.65. The molecule has 7 heteroatoms. The lowest BCUT2D eigenvalue weighted by Crippen LogP contribution is -2.48. The number of hydrogen-bond acceptors (Lipinski definition) is 5. The smallest absolute Gasteiger partial charge is 0.233 e. The Bertz CT molecular complexity index is 1020. The second-order valence-corrected chi connectivity index (χ2v) is 8.55. The third kappa shape index (κ3) is 3.32. The zero-order valence-electron chi connectivity index (χ0n) is 16.8. The van der Waals surface area contributed by atoms with Gasteiger partial charge in [-0.3, -0.25) is 9.20 Å². The molecule has 1 aliphatic heterocycles. The average molecular weight is 399 g/mol. The van der Waals surface area contributed by atoms with Crippen molar-refractivity contribution in [1.29, 1.82) is 0 Å². The second kappa shape index (κ2) is 7.62. The molecule has 2 atom stereocenters. The molecular weight excluding hydrogens is 372 g/mol. The van der Waals surface area contributed by atoms with Gasteiger partial charge in [0.05, 0.1) is 18.4 Å². The van der Waals surface area contributed by atoms with Crippen LogP contribution in [-0.2, 0) is 4.79 Å². The molecule has 1 aliphatic rings. The number of amides is 1. The largest absolute Gasteiger partial charge is 0.497 e. The fourth-order valence-electron chi connectivity index (χ4n) is 4.24. The van der Waals surface area contributed by atoms with E-state index in [0.29, 0.717) is 17.8 Å². The molecule has 0 saturated carbocycles. The Morgan fingerprint density at radius 3 is 2.68 bits per heavy atom. The zero-order chi connectivity index (χ0) is 19.8. The quantitative estimate of drug-likeness (QED) is 0.620. The van der Waals surface area contributed by atoms with Gasteiger partial charge >= 0.3 is 0 Å². The SMILES string of the molecule is COc1ccc2c(C)cc3nnc(SCC(=O)N4C(C)CCCC4C)n3c2c1. The van der Waals surface area contributed by atoms with Gasteiger partial charge in [0, 0.05) is 23.5 Å². The first-order chi connectivity index (χ1) is 13.5. The number of fused-ring (bicyclic) bond motifs is 3. The van der Waals surface area contributed by atoms with Crippen LogP contribution in [0.4, 0.5) is 0 Å². The van der Waals surface area contributed by atoms with Gasteiger partial charge in [0.1, 0.15) is 5.75 Å². The fraction of sp³-hybridized carbons (Fsp3) is 0.476. The highest BCUT2D eigenvalue weighted by Crippen LogP contribution is 2.29. The first kappa shape index (κ1) is 19.1. The van der Waals surface area contributed by atoms with E-state index in [1.807, 2.05) is 27.5 Å². The molecule has 0 spiro atoms. The summed E-state index contributed by atoms with van der Waals surface area (Å²) in [4.78, 5) is 14.9. The Balaban J connectivity index is 1.66. The molecule has 148 valence electrons. The van der Waals surface area contributed by atoms with Crippen molar-refractivity contribution in [3.63, 3.8) is 0 Å². The van der Waals surface area contributed by atoms with E-state index in [0.717, 1.165) is 45.9 Å². The summed E-state index contributed by atoms with van der Waals surface area (Å²) in [5, 5.41) is 10.6. The van der Waals surface area contributed by atoms with Crippen molar-refractivity contribution in [1.82, 2.24) is 19.5 Å². The van der Waals surface area contributed by atoms with Gasteiger partial charge in [-0.15, -0.1) is 10.2 Å². The summed E-state index contributed by atoms with van der Waals surface area (Å²) >= 11 is 1.45. The number of piperidine rings is 1. The number of pyridine rings is 1. The van der Waals surface area contributed by atoms with Crippen LogP contribution < -0.4 is 4.74 Å². The maximum Gasteiger partial charge on any atom is 0.233 e. The van der Waals surface area contributed by atoms with E-state index in [1.54, 1.807) is 7.11 Å². The lowest BCUT2D eigenvalue weighted by atomic mass is 9.98. The van der Waals surface area contributed by atoms with Gasteiger partial charge in [-0.05, 0) is 63.8 Å². The standard InChI is InChI=1S/C21H26N4O2S/c1-13-10-19-22-23-21(25(19)18-11-16(27-4)8-9-17(13)18)28-12-20(26)24-14(2)6-5-7-15(24)3/h8-11,14-15H,5-7,12H2,1-4H3. The lowest BCUT2D eigenvalue weighted by Gasteiger charge is -2.39. The Hall–Kier alpha value is -2.28. The van der Waals surface area contributed by atoms with Crippen molar-refractivity contribution in [2.45, 2.75) is 57.3 Å². The van der Waals surface area contributed by atoms with Gasteiger partial charge < -0.3 is 9.64 Å². The zero-order valence-corrected chi connectivity index (χ0v) is 17.6.